The molecule has 28 heavy (non-hydrogen) atoms. The number of morpholine rings is 1. The molecule has 1 aromatic carbocycles. The molecule has 1 aromatic heterocycles. The van der Waals surface area contributed by atoms with Crippen LogP contribution in [0.5, 0.6) is 0 Å². The van der Waals surface area contributed by atoms with Gasteiger partial charge in [-0.15, -0.1) is 10.2 Å². The van der Waals surface area contributed by atoms with Gasteiger partial charge in [-0.05, 0) is 18.4 Å². The van der Waals surface area contributed by atoms with Crippen molar-refractivity contribution in [2.75, 3.05) is 31.2 Å². The van der Waals surface area contributed by atoms with Crippen LogP contribution in [-0.4, -0.2) is 52.2 Å². The van der Waals surface area contributed by atoms with E-state index < -0.39 is 0 Å². The first-order chi connectivity index (χ1) is 13.5. The minimum atomic E-state index is -0.253. The van der Waals surface area contributed by atoms with E-state index in [1.54, 1.807) is 0 Å². The summed E-state index contributed by atoms with van der Waals surface area (Å²) in [7, 11) is 0. The molecule has 8 heteroatoms. The number of carbonyl (C=O) groups excluding carboxylic acids is 1. The van der Waals surface area contributed by atoms with Gasteiger partial charge in [-0.3, -0.25) is 9.36 Å². The molecular formula is C20H29N5O2S. The minimum absolute atomic E-state index is 0.000808. The van der Waals surface area contributed by atoms with Gasteiger partial charge in [-0.1, -0.05) is 55.9 Å². The number of hydrogen-bond donors (Lipinski definition) is 1. The van der Waals surface area contributed by atoms with Crippen LogP contribution in [0.15, 0.2) is 35.5 Å². The molecule has 0 radical (unpaired) electrons. The number of aromatic nitrogens is 3. The summed E-state index contributed by atoms with van der Waals surface area (Å²) in [6.07, 6.45) is 0. The number of ether oxygens (including phenoxy) is 1. The van der Waals surface area contributed by atoms with Crippen LogP contribution in [-0.2, 0) is 22.6 Å². The number of amides is 1. The molecule has 0 bridgehead atoms. The van der Waals surface area contributed by atoms with E-state index >= 15 is 0 Å². The van der Waals surface area contributed by atoms with Gasteiger partial charge >= 0.3 is 0 Å². The topological polar surface area (TPSA) is 72.3 Å². The standard InChI is InChI=1S/C20H29N5O2S/c1-15(2)14-25-19(24-9-11-27-12-10-24)22-23-20(25)28-16(3)18(26)21-13-17-7-5-4-6-8-17/h4-8,15-16H,9-14H2,1-3H3,(H,21,26). The number of carbonyl (C=O) groups is 1. The van der Waals surface area contributed by atoms with Crippen molar-refractivity contribution >= 4 is 23.6 Å². The molecule has 1 amide bonds. The number of anilines is 1. The Hall–Kier alpha value is -2.06. The Bertz CT molecular complexity index is 759. The molecule has 1 N–H and O–H groups in total. The van der Waals surface area contributed by atoms with Crippen molar-refractivity contribution in [1.82, 2.24) is 20.1 Å². The highest BCUT2D eigenvalue weighted by Gasteiger charge is 2.24. The van der Waals surface area contributed by atoms with Crippen LogP contribution in [0.1, 0.15) is 26.3 Å². The van der Waals surface area contributed by atoms with E-state index in [1.165, 1.54) is 11.8 Å². The molecular weight excluding hydrogens is 374 g/mol. The third-order valence-corrected chi connectivity index (χ3v) is 5.58. The number of nitrogens with one attached hydrogen (secondary N) is 1. The van der Waals surface area contributed by atoms with Crippen LogP contribution < -0.4 is 10.2 Å². The van der Waals surface area contributed by atoms with Gasteiger partial charge in [-0.25, -0.2) is 0 Å². The second kappa shape index (κ2) is 9.93. The summed E-state index contributed by atoms with van der Waals surface area (Å²) >= 11 is 1.46. The van der Waals surface area contributed by atoms with Gasteiger partial charge in [0.2, 0.25) is 11.9 Å². The summed E-state index contributed by atoms with van der Waals surface area (Å²) in [6.45, 7) is 10.6. The maximum atomic E-state index is 12.5. The highest BCUT2D eigenvalue weighted by molar-refractivity contribution is 8.00. The van der Waals surface area contributed by atoms with Crippen LogP contribution in [0.25, 0.3) is 0 Å². The summed E-state index contributed by atoms with van der Waals surface area (Å²) in [4.78, 5) is 14.8. The Balaban J connectivity index is 1.66. The smallest absolute Gasteiger partial charge is 0.233 e. The quantitative estimate of drug-likeness (QED) is 0.683. The van der Waals surface area contributed by atoms with Crippen molar-refractivity contribution in [2.45, 2.75) is 44.3 Å². The van der Waals surface area contributed by atoms with Gasteiger partial charge in [0.1, 0.15) is 0 Å². The Kier molecular flexibility index (Phi) is 7.33. The summed E-state index contributed by atoms with van der Waals surface area (Å²) in [5.41, 5.74) is 1.09. The average Bonchev–Trinajstić information content (AvgIpc) is 3.09. The molecule has 1 atom stereocenters. The van der Waals surface area contributed by atoms with Crippen molar-refractivity contribution in [2.24, 2.45) is 5.92 Å². The van der Waals surface area contributed by atoms with E-state index in [4.69, 9.17) is 4.74 Å². The third kappa shape index (κ3) is 5.48. The van der Waals surface area contributed by atoms with Gasteiger partial charge in [0.05, 0.1) is 18.5 Å². The van der Waals surface area contributed by atoms with Crippen LogP contribution in [0.2, 0.25) is 0 Å². The molecule has 1 fully saturated rings. The highest BCUT2D eigenvalue weighted by atomic mass is 32.2. The number of rotatable bonds is 8. The lowest BCUT2D eigenvalue weighted by molar-refractivity contribution is -0.120. The lowest BCUT2D eigenvalue weighted by atomic mass is 10.2. The summed E-state index contributed by atoms with van der Waals surface area (Å²) in [5, 5.41) is 12.4. The minimum Gasteiger partial charge on any atom is -0.378 e. The third-order valence-electron chi connectivity index (χ3n) is 4.50. The van der Waals surface area contributed by atoms with Crippen LogP contribution in [0, 0.1) is 5.92 Å². The Labute approximate surface area is 170 Å². The zero-order chi connectivity index (χ0) is 19.9. The number of nitrogens with zero attached hydrogens (tertiary/aromatic N) is 4. The fourth-order valence-corrected chi connectivity index (χ4v) is 3.91. The SMILES string of the molecule is CC(C)Cn1c(SC(C)C(=O)NCc2ccccc2)nnc1N1CCOCC1. The molecule has 1 aliphatic heterocycles. The first-order valence-corrected chi connectivity index (χ1v) is 10.7. The predicted octanol–water partition coefficient (Wildman–Crippen LogP) is 2.57. The Morgan fingerprint density at radius 2 is 1.89 bits per heavy atom. The molecule has 3 rings (SSSR count). The van der Waals surface area contributed by atoms with E-state index in [1.807, 2.05) is 37.3 Å². The lowest BCUT2D eigenvalue weighted by Gasteiger charge is -2.28. The van der Waals surface area contributed by atoms with E-state index in [0.29, 0.717) is 25.7 Å². The van der Waals surface area contributed by atoms with Crippen LogP contribution in [0.4, 0.5) is 5.95 Å². The van der Waals surface area contributed by atoms with Gasteiger partial charge in [0.25, 0.3) is 0 Å². The maximum Gasteiger partial charge on any atom is 0.233 e. The van der Waals surface area contributed by atoms with Gasteiger partial charge in [0.15, 0.2) is 5.16 Å². The van der Waals surface area contributed by atoms with Gasteiger partial charge in [-0.2, -0.15) is 0 Å². The second-order valence-corrected chi connectivity index (χ2v) is 8.66. The van der Waals surface area contributed by atoms with Gasteiger partial charge in [0, 0.05) is 26.2 Å². The second-order valence-electron chi connectivity index (χ2n) is 7.35. The molecule has 0 saturated carbocycles. The molecule has 0 aliphatic carbocycles. The molecule has 152 valence electrons. The van der Waals surface area contributed by atoms with E-state index in [9.17, 15) is 4.79 Å². The Morgan fingerprint density at radius 3 is 2.57 bits per heavy atom. The summed E-state index contributed by atoms with van der Waals surface area (Å²) in [5.74, 6) is 1.33. The molecule has 1 unspecified atom stereocenters. The maximum absolute atomic E-state index is 12.5. The average molecular weight is 404 g/mol. The predicted molar refractivity (Wildman–Crippen MR) is 111 cm³/mol. The molecule has 2 heterocycles. The van der Waals surface area contributed by atoms with Crippen LogP contribution >= 0.6 is 11.8 Å². The molecule has 1 saturated heterocycles. The van der Waals surface area contributed by atoms with E-state index in [2.05, 4.69) is 38.8 Å². The molecule has 2 aromatic rings. The van der Waals surface area contributed by atoms with E-state index in [-0.39, 0.29) is 11.2 Å². The van der Waals surface area contributed by atoms with Crippen molar-refractivity contribution in [3.8, 4) is 0 Å². The molecule has 1 aliphatic rings. The van der Waals surface area contributed by atoms with Crippen molar-refractivity contribution in [1.29, 1.82) is 0 Å². The fourth-order valence-electron chi connectivity index (χ4n) is 3.03. The monoisotopic (exact) mass is 403 g/mol. The number of hydrogen-bond acceptors (Lipinski definition) is 6. The fraction of sp³-hybridized carbons (Fsp3) is 0.550. The molecule has 0 spiro atoms. The molecule has 7 nitrogen and oxygen atoms in total. The summed E-state index contributed by atoms with van der Waals surface area (Å²) in [6, 6.07) is 9.93. The highest BCUT2D eigenvalue weighted by Crippen LogP contribution is 2.27. The normalized spacial score (nSPS) is 15.6. The van der Waals surface area contributed by atoms with Crippen molar-refractivity contribution < 1.29 is 9.53 Å². The zero-order valence-electron chi connectivity index (χ0n) is 16.8. The summed E-state index contributed by atoms with van der Waals surface area (Å²) < 4.78 is 7.59. The largest absolute Gasteiger partial charge is 0.378 e. The lowest BCUT2D eigenvalue weighted by Crippen LogP contribution is -2.38. The first kappa shape index (κ1) is 20.7. The van der Waals surface area contributed by atoms with Crippen molar-refractivity contribution in [3.63, 3.8) is 0 Å². The number of benzene rings is 1. The van der Waals surface area contributed by atoms with Crippen molar-refractivity contribution in [3.05, 3.63) is 35.9 Å². The zero-order valence-corrected chi connectivity index (χ0v) is 17.6. The first-order valence-electron chi connectivity index (χ1n) is 9.78. The Morgan fingerprint density at radius 1 is 1.18 bits per heavy atom. The van der Waals surface area contributed by atoms with Crippen LogP contribution in [0.3, 0.4) is 0 Å². The number of thioether (sulfide) groups is 1. The van der Waals surface area contributed by atoms with Gasteiger partial charge < -0.3 is 15.0 Å². The van der Waals surface area contributed by atoms with E-state index in [0.717, 1.165) is 36.3 Å².